The van der Waals surface area contributed by atoms with Gasteiger partial charge in [-0.05, 0) is 31.1 Å². The first-order chi connectivity index (χ1) is 18.6. The third kappa shape index (κ3) is 9.24. The second-order valence-corrected chi connectivity index (χ2v) is 11.6. The molecule has 0 unspecified atom stereocenters. The summed E-state index contributed by atoms with van der Waals surface area (Å²) in [6.07, 6.45) is 0.0866. The number of nitrogens with zero attached hydrogens (tertiary/aromatic N) is 1. The number of carbonyl (C=O) groups excluding carboxylic acids is 5. The topological polar surface area (TPSA) is 178 Å². The molecule has 12 nitrogen and oxygen atoms in total. The predicted octanol–water partition coefficient (Wildman–Crippen LogP) is 0.137. The van der Waals surface area contributed by atoms with Gasteiger partial charge in [-0.1, -0.05) is 54.4 Å². The SMILES string of the molecule is CC[C@H](C)[C@H](NC(=O)[C@H]([C@@H](C)CC)N(C)C(C)=O)C(=O)N[C@H](C(=O)N[C@@H](CC(C)C)C(=O)[C@@]1(CO)CO1)[C@@H](C)O. The van der Waals surface area contributed by atoms with Crippen LogP contribution in [0.1, 0.15) is 74.7 Å². The van der Waals surface area contributed by atoms with E-state index in [1.54, 1.807) is 6.92 Å². The van der Waals surface area contributed by atoms with Gasteiger partial charge in [-0.15, -0.1) is 0 Å². The highest BCUT2D eigenvalue weighted by molar-refractivity contribution is 5.99. The summed E-state index contributed by atoms with van der Waals surface area (Å²) >= 11 is 0. The van der Waals surface area contributed by atoms with E-state index in [1.807, 2.05) is 34.6 Å². The lowest BCUT2D eigenvalue weighted by Crippen LogP contribution is -2.62. The Balaban J connectivity index is 3.17. The highest BCUT2D eigenvalue weighted by Gasteiger charge is 2.54. The fourth-order valence-corrected chi connectivity index (χ4v) is 4.50. The Kier molecular flexibility index (Phi) is 13.7. The van der Waals surface area contributed by atoms with Gasteiger partial charge in [-0.2, -0.15) is 0 Å². The van der Waals surface area contributed by atoms with Gasteiger partial charge < -0.3 is 35.8 Å². The van der Waals surface area contributed by atoms with Crippen LogP contribution in [-0.2, 0) is 28.7 Å². The van der Waals surface area contributed by atoms with E-state index in [9.17, 15) is 34.2 Å². The number of aliphatic hydroxyl groups excluding tert-OH is 2. The van der Waals surface area contributed by atoms with E-state index in [1.165, 1.54) is 25.8 Å². The summed E-state index contributed by atoms with van der Waals surface area (Å²) in [5, 5.41) is 28.0. The molecule has 0 aromatic carbocycles. The van der Waals surface area contributed by atoms with Crippen molar-refractivity contribution in [3.05, 3.63) is 0 Å². The molecule has 0 aliphatic carbocycles. The average molecular weight is 571 g/mol. The largest absolute Gasteiger partial charge is 0.393 e. The first kappa shape index (κ1) is 35.5. The molecular weight excluding hydrogens is 520 g/mol. The lowest BCUT2D eigenvalue weighted by molar-refractivity contribution is -0.141. The van der Waals surface area contributed by atoms with E-state index in [2.05, 4.69) is 16.0 Å². The Morgan fingerprint density at radius 3 is 1.77 bits per heavy atom. The maximum Gasteiger partial charge on any atom is 0.245 e. The van der Waals surface area contributed by atoms with E-state index < -0.39 is 66.0 Å². The molecule has 1 heterocycles. The molecule has 1 rings (SSSR count). The number of carbonyl (C=O) groups is 5. The third-order valence-corrected chi connectivity index (χ3v) is 7.76. The van der Waals surface area contributed by atoms with Gasteiger partial charge in [0.05, 0.1) is 25.4 Å². The Labute approximate surface area is 238 Å². The Bertz CT molecular complexity index is 905. The number of aliphatic hydroxyl groups is 2. The van der Waals surface area contributed by atoms with Crippen LogP contribution in [-0.4, -0.2) is 101 Å². The maximum atomic E-state index is 13.5. The van der Waals surface area contributed by atoms with Gasteiger partial charge in [-0.25, -0.2) is 0 Å². The third-order valence-electron chi connectivity index (χ3n) is 7.76. The molecule has 0 saturated carbocycles. The molecule has 0 aromatic rings. The van der Waals surface area contributed by atoms with Gasteiger partial charge in [0, 0.05) is 14.0 Å². The zero-order valence-electron chi connectivity index (χ0n) is 25.4. The van der Waals surface area contributed by atoms with E-state index in [0.29, 0.717) is 12.8 Å². The number of ketones is 1. The van der Waals surface area contributed by atoms with E-state index in [-0.39, 0.29) is 36.7 Å². The van der Waals surface area contributed by atoms with Crippen LogP contribution in [0.3, 0.4) is 0 Å². The fraction of sp³-hybridized carbons (Fsp3) is 0.821. The molecule has 1 fully saturated rings. The number of rotatable bonds is 17. The second kappa shape index (κ2) is 15.4. The van der Waals surface area contributed by atoms with Crippen molar-refractivity contribution in [2.75, 3.05) is 20.3 Å². The molecule has 8 atom stereocenters. The number of hydrogen-bond donors (Lipinski definition) is 5. The fourth-order valence-electron chi connectivity index (χ4n) is 4.50. The van der Waals surface area contributed by atoms with Crippen molar-refractivity contribution in [2.45, 2.75) is 111 Å². The summed E-state index contributed by atoms with van der Waals surface area (Å²) in [5.41, 5.74) is -1.35. The first-order valence-corrected chi connectivity index (χ1v) is 14.2. The van der Waals surface area contributed by atoms with Crippen LogP contribution in [0.15, 0.2) is 0 Å². The Morgan fingerprint density at radius 1 is 0.875 bits per heavy atom. The van der Waals surface area contributed by atoms with Crippen LogP contribution in [0, 0.1) is 17.8 Å². The van der Waals surface area contributed by atoms with Gasteiger partial charge in [-0.3, -0.25) is 24.0 Å². The summed E-state index contributed by atoms with van der Waals surface area (Å²) in [4.78, 5) is 66.5. The van der Waals surface area contributed by atoms with Crippen molar-refractivity contribution in [1.29, 1.82) is 0 Å². The summed E-state index contributed by atoms with van der Waals surface area (Å²) in [5.74, 6) is -3.22. The molecule has 5 N–H and O–H groups in total. The number of nitrogens with one attached hydrogen (secondary N) is 3. The molecule has 1 aliphatic rings. The van der Waals surface area contributed by atoms with Gasteiger partial charge in [0.1, 0.15) is 18.1 Å². The van der Waals surface area contributed by atoms with E-state index in [0.717, 1.165) is 0 Å². The number of hydrogen-bond acceptors (Lipinski definition) is 8. The van der Waals surface area contributed by atoms with Crippen molar-refractivity contribution in [3.63, 3.8) is 0 Å². The van der Waals surface area contributed by atoms with Crippen molar-refractivity contribution >= 4 is 29.4 Å². The normalized spacial score (nSPS) is 21.7. The van der Waals surface area contributed by atoms with Gasteiger partial charge in [0.15, 0.2) is 11.4 Å². The van der Waals surface area contributed by atoms with Crippen molar-refractivity contribution in [2.24, 2.45) is 17.8 Å². The molecule has 4 amide bonds. The van der Waals surface area contributed by atoms with Gasteiger partial charge >= 0.3 is 0 Å². The number of Topliss-reactive ketones (excluding diaryl/α,β-unsaturated/α-hetero) is 1. The summed E-state index contributed by atoms with van der Waals surface area (Å²) in [7, 11) is 1.54. The van der Waals surface area contributed by atoms with Crippen LogP contribution < -0.4 is 16.0 Å². The highest BCUT2D eigenvalue weighted by Crippen LogP contribution is 2.30. The highest BCUT2D eigenvalue weighted by atomic mass is 16.6. The zero-order valence-corrected chi connectivity index (χ0v) is 25.4. The Hall–Kier alpha value is -2.57. The second-order valence-electron chi connectivity index (χ2n) is 11.6. The van der Waals surface area contributed by atoms with Gasteiger partial charge in [0.25, 0.3) is 0 Å². The Morgan fingerprint density at radius 2 is 1.38 bits per heavy atom. The lowest BCUT2D eigenvalue weighted by Gasteiger charge is -2.34. The molecule has 0 aromatic heterocycles. The minimum atomic E-state index is -1.42. The maximum absolute atomic E-state index is 13.5. The number of likely N-dealkylation sites (N-methyl/N-ethyl adjacent to an activating group) is 1. The molecule has 0 bridgehead atoms. The molecule has 230 valence electrons. The molecule has 40 heavy (non-hydrogen) atoms. The zero-order chi connectivity index (χ0) is 30.9. The standard InChI is InChI=1S/C28H50N4O8/c1-10-16(5)21(30-27(39)23(17(6)11-2)32(9)19(8)35)25(37)31-22(18(7)34)26(38)29-20(12-15(3)4)24(36)28(13-33)14-40-28/h15-18,20-23,33-34H,10-14H2,1-9H3,(H,29,38)(H,30,39)(H,31,37)/t16-,17-,18+,20-,21-,22-,23-,28+/m0/s1. The lowest BCUT2D eigenvalue weighted by atomic mass is 9.92. The smallest absolute Gasteiger partial charge is 0.245 e. The first-order valence-electron chi connectivity index (χ1n) is 14.2. The molecule has 0 radical (unpaired) electrons. The van der Waals surface area contributed by atoms with E-state index >= 15 is 0 Å². The molecule has 1 saturated heterocycles. The molecular formula is C28H50N4O8. The number of ether oxygens (including phenoxy) is 1. The predicted molar refractivity (Wildman–Crippen MR) is 149 cm³/mol. The monoisotopic (exact) mass is 570 g/mol. The van der Waals surface area contributed by atoms with Crippen LogP contribution >= 0.6 is 0 Å². The molecule has 0 spiro atoms. The summed E-state index contributed by atoms with van der Waals surface area (Å²) < 4.78 is 5.17. The number of epoxide rings is 1. The average Bonchev–Trinajstić information content (AvgIpc) is 3.69. The molecule has 1 aliphatic heterocycles. The van der Waals surface area contributed by atoms with Crippen LogP contribution in [0.4, 0.5) is 0 Å². The quantitative estimate of drug-likeness (QED) is 0.153. The number of amides is 4. The van der Waals surface area contributed by atoms with Crippen molar-refractivity contribution < 1.29 is 38.9 Å². The molecule has 12 heteroatoms. The van der Waals surface area contributed by atoms with Crippen LogP contribution in [0.5, 0.6) is 0 Å². The van der Waals surface area contributed by atoms with Crippen molar-refractivity contribution in [3.8, 4) is 0 Å². The minimum Gasteiger partial charge on any atom is -0.393 e. The van der Waals surface area contributed by atoms with Crippen LogP contribution in [0.2, 0.25) is 0 Å². The minimum absolute atomic E-state index is 0.0138. The van der Waals surface area contributed by atoms with E-state index in [4.69, 9.17) is 4.74 Å². The van der Waals surface area contributed by atoms with Gasteiger partial charge in [0.2, 0.25) is 23.6 Å². The van der Waals surface area contributed by atoms with Crippen molar-refractivity contribution in [1.82, 2.24) is 20.9 Å². The van der Waals surface area contributed by atoms with Crippen LogP contribution in [0.25, 0.3) is 0 Å². The summed E-state index contributed by atoms with van der Waals surface area (Å²) in [6.45, 7) is 13.3. The summed E-state index contributed by atoms with van der Waals surface area (Å²) in [6, 6.07) is -4.27.